The number of aryl methyl sites for hydroxylation is 1. The number of esters is 1. The Labute approximate surface area is 273 Å². The van der Waals surface area contributed by atoms with Gasteiger partial charge in [-0.1, -0.05) is 65.0 Å². The molecule has 3 rings (SSSR count). The maximum atomic E-state index is 14.0. The third kappa shape index (κ3) is 9.10. The number of ketones is 1. The Kier molecular flexibility index (Phi) is 12.0. The first-order valence-electron chi connectivity index (χ1n) is 15.6. The van der Waals surface area contributed by atoms with Crippen molar-refractivity contribution in [3.63, 3.8) is 0 Å². The molecule has 0 saturated heterocycles. The smallest absolute Gasteiger partial charge is 0.313 e. The summed E-state index contributed by atoms with van der Waals surface area (Å²) in [6, 6.07) is 13.8. The van der Waals surface area contributed by atoms with Gasteiger partial charge in [0, 0.05) is 25.6 Å². The van der Waals surface area contributed by atoms with Gasteiger partial charge >= 0.3 is 5.97 Å². The Bertz CT molecular complexity index is 1570. The lowest BCUT2D eigenvalue weighted by Gasteiger charge is -2.38. The van der Waals surface area contributed by atoms with Gasteiger partial charge in [-0.15, -0.1) is 0 Å². The molecule has 0 aliphatic rings. The number of nitrogens with zero attached hydrogens (tertiary/aromatic N) is 3. The number of Topliss-reactive ketones (excluding diaryl/α,β-unsaturated/α-hetero) is 1. The molecule has 3 aromatic rings. The Morgan fingerprint density at radius 2 is 1.70 bits per heavy atom. The fourth-order valence-electron chi connectivity index (χ4n) is 4.84. The third-order valence-electron chi connectivity index (χ3n) is 8.54. The van der Waals surface area contributed by atoms with Crippen LogP contribution in [0.5, 0.6) is 0 Å². The molecule has 1 aromatic heterocycles. The molecule has 0 aliphatic heterocycles. The largest absolute Gasteiger partial charge is 0.469 e. The second-order valence-electron chi connectivity index (χ2n) is 13.5. The molecule has 2 aromatic carbocycles. The van der Waals surface area contributed by atoms with Crippen LogP contribution in [0, 0.1) is 12.7 Å². The summed E-state index contributed by atoms with van der Waals surface area (Å²) < 4.78 is 27.0. The highest BCUT2D eigenvalue weighted by atomic mass is 28.4. The Morgan fingerprint density at radius 3 is 2.26 bits per heavy atom. The maximum absolute atomic E-state index is 14.0. The van der Waals surface area contributed by atoms with Crippen LogP contribution >= 0.6 is 0 Å². The topological polar surface area (TPSA) is 90.7 Å². The van der Waals surface area contributed by atoms with Crippen LogP contribution < -0.4 is 0 Å². The lowest BCUT2D eigenvalue weighted by molar-refractivity contribution is -0.143. The Hall–Kier alpha value is -3.89. The molecule has 10 heteroatoms. The highest BCUT2D eigenvalue weighted by Gasteiger charge is 2.39. The number of amides is 1. The van der Waals surface area contributed by atoms with Gasteiger partial charge in [-0.05, 0) is 72.4 Å². The maximum Gasteiger partial charge on any atom is 0.313 e. The summed E-state index contributed by atoms with van der Waals surface area (Å²) in [5.41, 5.74) is 4.32. The van der Waals surface area contributed by atoms with Crippen molar-refractivity contribution in [1.29, 1.82) is 0 Å². The molecule has 0 radical (unpaired) electrons. The highest BCUT2D eigenvalue weighted by Crippen LogP contribution is 2.38. The standard InChI is InChI=1S/C36H48FN3O5Si/c1-24(2)33-31(20-19-30(21-29(41)22-32(42)44-8)45-46(9,10)36(4,5)6)40(28-17-15-27(37)16-18-28)38-34(33)35(43)39(7)23-26-14-12-11-13-25(26)3/h11-20,24,30H,21-23H2,1-10H3. The highest BCUT2D eigenvalue weighted by molar-refractivity contribution is 6.74. The second kappa shape index (κ2) is 15.1. The van der Waals surface area contributed by atoms with E-state index in [0.717, 1.165) is 11.1 Å². The van der Waals surface area contributed by atoms with Crippen LogP contribution in [0.2, 0.25) is 18.1 Å². The molecule has 46 heavy (non-hydrogen) atoms. The zero-order chi connectivity index (χ0) is 34.4. The van der Waals surface area contributed by atoms with Gasteiger partial charge in [0.2, 0.25) is 0 Å². The van der Waals surface area contributed by atoms with Crippen LogP contribution in [-0.2, 0) is 25.3 Å². The van der Waals surface area contributed by atoms with Gasteiger partial charge in [0.25, 0.3) is 5.91 Å². The van der Waals surface area contributed by atoms with Crippen molar-refractivity contribution in [3.05, 3.63) is 88.5 Å². The summed E-state index contributed by atoms with van der Waals surface area (Å²) in [6.07, 6.45) is 2.62. The fraction of sp³-hybridized carbons (Fsp3) is 0.444. The van der Waals surface area contributed by atoms with Crippen LogP contribution in [0.4, 0.5) is 4.39 Å². The van der Waals surface area contributed by atoms with Crippen LogP contribution in [0.15, 0.2) is 54.6 Å². The van der Waals surface area contributed by atoms with Crippen molar-refractivity contribution in [2.45, 2.75) is 91.1 Å². The lowest BCUT2D eigenvalue weighted by atomic mass is 9.98. The minimum Gasteiger partial charge on any atom is -0.469 e. The number of carbonyl (C=O) groups excluding carboxylic acids is 3. The molecule has 1 amide bonds. The van der Waals surface area contributed by atoms with E-state index in [9.17, 15) is 18.8 Å². The molecule has 0 fully saturated rings. The average Bonchev–Trinajstić information content (AvgIpc) is 3.35. The van der Waals surface area contributed by atoms with Crippen LogP contribution in [0.25, 0.3) is 11.8 Å². The predicted molar refractivity (Wildman–Crippen MR) is 182 cm³/mol. The third-order valence-corrected chi connectivity index (χ3v) is 13.0. The number of methoxy groups -OCH3 is 1. The molecule has 1 heterocycles. The molecule has 0 N–H and O–H groups in total. The number of benzene rings is 2. The fourth-order valence-corrected chi connectivity index (χ4v) is 6.11. The molecule has 248 valence electrons. The van der Waals surface area contributed by atoms with Crippen molar-refractivity contribution in [2.75, 3.05) is 14.2 Å². The average molecular weight is 650 g/mol. The van der Waals surface area contributed by atoms with Crippen molar-refractivity contribution in [1.82, 2.24) is 14.7 Å². The summed E-state index contributed by atoms with van der Waals surface area (Å²) in [4.78, 5) is 40.4. The zero-order valence-corrected chi connectivity index (χ0v) is 29.8. The molecule has 0 bridgehead atoms. The summed E-state index contributed by atoms with van der Waals surface area (Å²) >= 11 is 0. The normalized spacial score (nSPS) is 12.9. The first-order chi connectivity index (χ1) is 21.4. The van der Waals surface area contributed by atoms with E-state index in [0.29, 0.717) is 29.2 Å². The van der Waals surface area contributed by atoms with Crippen LogP contribution in [0.1, 0.15) is 86.3 Å². The molecule has 1 unspecified atom stereocenters. The second-order valence-corrected chi connectivity index (χ2v) is 18.3. The van der Waals surface area contributed by atoms with Gasteiger partial charge in [-0.25, -0.2) is 9.07 Å². The zero-order valence-electron chi connectivity index (χ0n) is 28.8. The number of rotatable bonds is 13. The van der Waals surface area contributed by atoms with Gasteiger partial charge in [-0.3, -0.25) is 14.4 Å². The first-order valence-corrected chi connectivity index (χ1v) is 18.5. The molecular weight excluding hydrogens is 601 g/mol. The van der Waals surface area contributed by atoms with Crippen LogP contribution in [-0.4, -0.2) is 60.9 Å². The van der Waals surface area contributed by atoms with E-state index in [2.05, 4.69) is 33.9 Å². The SMILES string of the molecule is COC(=O)CC(=O)CC(C=Cc1c(C(C)C)c(C(=O)N(C)Cc2ccccc2C)nn1-c1ccc(F)cc1)O[Si](C)(C)C(C)(C)C. The lowest BCUT2D eigenvalue weighted by Crippen LogP contribution is -2.44. The predicted octanol–water partition coefficient (Wildman–Crippen LogP) is 7.64. The molecule has 0 saturated carbocycles. The van der Waals surface area contributed by atoms with Gasteiger partial charge < -0.3 is 14.1 Å². The van der Waals surface area contributed by atoms with E-state index in [1.807, 2.05) is 57.2 Å². The monoisotopic (exact) mass is 649 g/mol. The quantitative estimate of drug-likeness (QED) is 0.107. The minimum atomic E-state index is -2.35. The van der Waals surface area contributed by atoms with Crippen molar-refractivity contribution < 1.29 is 27.9 Å². The van der Waals surface area contributed by atoms with E-state index in [4.69, 9.17) is 14.3 Å². The Morgan fingerprint density at radius 1 is 1.07 bits per heavy atom. The van der Waals surface area contributed by atoms with Gasteiger partial charge in [0.1, 0.15) is 18.0 Å². The summed E-state index contributed by atoms with van der Waals surface area (Å²) in [5, 5.41) is 4.68. The summed E-state index contributed by atoms with van der Waals surface area (Å²) in [5.74, 6) is -1.65. The number of halogens is 1. The van der Waals surface area contributed by atoms with E-state index in [1.165, 1.54) is 19.2 Å². The number of hydrogen-bond acceptors (Lipinski definition) is 6. The molecule has 1 atom stereocenters. The number of ether oxygens (including phenoxy) is 1. The van der Waals surface area contributed by atoms with Crippen molar-refractivity contribution >= 4 is 32.1 Å². The Balaban J connectivity index is 2.14. The van der Waals surface area contributed by atoms with E-state index < -0.39 is 26.2 Å². The molecular formula is C36H48FN3O5Si. The van der Waals surface area contributed by atoms with E-state index in [1.54, 1.807) is 28.8 Å². The van der Waals surface area contributed by atoms with E-state index >= 15 is 0 Å². The molecule has 0 aliphatic carbocycles. The minimum absolute atomic E-state index is 0.0231. The van der Waals surface area contributed by atoms with Gasteiger partial charge in [0.05, 0.1) is 24.6 Å². The van der Waals surface area contributed by atoms with Crippen LogP contribution in [0.3, 0.4) is 0 Å². The first kappa shape index (κ1) is 36.6. The van der Waals surface area contributed by atoms with Gasteiger partial charge in [0.15, 0.2) is 14.0 Å². The molecule has 0 spiro atoms. The number of aromatic nitrogens is 2. The van der Waals surface area contributed by atoms with E-state index in [-0.39, 0.29) is 35.5 Å². The van der Waals surface area contributed by atoms with Crippen molar-refractivity contribution in [2.24, 2.45) is 0 Å². The van der Waals surface area contributed by atoms with Crippen molar-refractivity contribution in [3.8, 4) is 5.69 Å². The summed E-state index contributed by atoms with van der Waals surface area (Å²) in [6.45, 7) is 16.9. The number of hydrogen-bond donors (Lipinski definition) is 0. The number of carbonyl (C=O) groups is 3. The van der Waals surface area contributed by atoms with Gasteiger partial charge in [-0.2, -0.15) is 5.10 Å². The summed E-state index contributed by atoms with van der Waals surface area (Å²) in [7, 11) is 0.647. The molecule has 8 nitrogen and oxygen atoms in total.